The number of carbonyl (C=O) groups excluding carboxylic acids is 3. The minimum atomic E-state index is -1.19. The van der Waals surface area contributed by atoms with Crippen molar-refractivity contribution in [2.24, 2.45) is 0 Å². The predicted octanol–water partition coefficient (Wildman–Crippen LogP) is 3.66. The molecule has 1 fully saturated rings. The summed E-state index contributed by atoms with van der Waals surface area (Å²) in [6.45, 7) is 0.0544. The number of nitrogens with zero attached hydrogens (tertiary/aromatic N) is 1. The fraction of sp³-hybridized carbons (Fsp3) is 0.160. The van der Waals surface area contributed by atoms with Gasteiger partial charge in [0.2, 0.25) is 0 Å². The van der Waals surface area contributed by atoms with Crippen molar-refractivity contribution < 1.29 is 19.1 Å². The Balaban J connectivity index is 1.69. The largest absolute Gasteiger partial charge is 0.465 e. The standard InChI is InChI=1S/C25H22N2O4/c1-31-22(28)20-12-8-11-19(15-20)17-27-23(29)25(26-24(27)30,21-13-6-3-7-14-21)16-18-9-4-2-5-10-18/h2-15H,16-17H2,1H3,(H,26,30)/t25-/m1/s1. The van der Waals surface area contributed by atoms with Gasteiger partial charge in [-0.25, -0.2) is 9.59 Å². The van der Waals surface area contributed by atoms with Crippen LogP contribution in [0.2, 0.25) is 0 Å². The Morgan fingerprint density at radius 1 is 0.903 bits per heavy atom. The highest BCUT2D eigenvalue weighted by Gasteiger charge is 2.52. The minimum Gasteiger partial charge on any atom is -0.465 e. The van der Waals surface area contributed by atoms with Gasteiger partial charge in [0.1, 0.15) is 0 Å². The van der Waals surface area contributed by atoms with E-state index in [0.29, 0.717) is 17.5 Å². The third-order valence-corrected chi connectivity index (χ3v) is 5.44. The third kappa shape index (κ3) is 3.92. The van der Waals surface area contributed by atoms with E-state index in [-0.39, 0.29) is 12.5 Å². The normalized spacial score (nSPS) is 18.0. The topological polar surface area (TPSA) is 75.7 Å². The van der Waals surface area contributed by atoms with Crippen LogP contribution in [0.25, 0.3) is 0 Å². The second-order valence-electron chi connectivity index (χ2n) is 7.45. The van der Waals surface area contributed by atoms with Crippen LogP contribution in [0.1, 0.15) is 27.0 Å². The van der Waals surface area contributed by atoms with Gasteiger partial charge in [0.15, 0.2) is 5.54 Å². The lowest BCUT2D eigenvalue weighted by atomic mass is 9.83. The summed E-state index contributed by atoms with van der Waals surface area (Å²) in [6, 6.07) is 25.1. The highest BCUT2D eigenvalue weighted by molar-refractivity contribution is 6.07. The summed E-state index contributed by atoms with van der Waals surface area (Å²) in [7, 11) is 1.31. The number of methoxy groups -OCH3 is 1. The smallest absolute Gasteiger partial charge is 0.337 e. The molecule has 3 aromatic carbocycles. The fourth-order valence-corrected chi connectivity index (χ4v) is 3.91. The summed E-state index contributed by atoms with van der Waals surface area (Å²) >= 11 is 0. The first-order valence-electron chi connectivity index (χ1n) is 9.94. The summed E-state index contributed by atoms with van der Waals surface area (Å²) < 4.78 is 4.76. The van der Waals surface area contributed by atoms with E-state index in [1.165, 1.54) is 12.0 Å². The number of amides is 3. The zero-order valence-corrected chi connectivity index (χ0v) is 17.1. The van der Waals surface area contributed by atoms with Crippen molar-refractivity contribution >= 4 is 17.9 Å². The zero-order valence-electron chi connectivity index (χ0n) is 17.1. The molecule has 1 saturated heterocycles. The number of urea groups is 1. The van der Waals surface area contributed by atoms with E-state index in [1.807, 2.05) is 60.7 Å². The van der Waals surface area contributed by atoms with Gasteiger partial charge in [0.05, 0.1) is 19.2 Å². The molecule has 0 saturated carbocycles. The van der Waals surface area contributed by atoms with E-state index in [2.05, 4.69) is 5.32 Å². The molecular weight excluding hydrogens is 392 g/mol. The van der Waals surface area contributed by atoms with Crippen LogP contribution >= 0.6 is 0 Å². The molecule has 1 atom stereocenters. The molecule has 0 aliphatic carbocycles. The summed E-state index contributed by atoms with van der Waals surface area (Å²) in [5.41, 5.74) is 1.50. The number of carbonyl (C=O) groups is 3. The number of hydrogen-bond acceptors (Lipinski definition) is 4. The molecule has 4 rings (SSSR count). The van der Waals surface area contributed by atoms with E-state index in [1.54, 1.807) is 24.3 Å². The van der Waals surface area contributed by atoms with Crippen molar-refractivity contribution in [1.82, 2.24) is 10.2 Å². The molecular formula is C25H22N2O4. The van der Waals surface area contributed by atoms with Gasteiger partial charge in [-0.15, -0.1) is 0 Å². The van der Waals surface area contributed by atoms with Crippen LogP contribution in [0, 0.1) is 0 Å². The molecule has 1 aliphatic rings. The molecule has 1 aliphatic heterocycles. The monoisotopic (exact) mass is 414 g/mol. The Hall–Kier alpha value is -3.93. The number of hydrogen-bond donors (Lipinski definition) is 1. The van der Waals surface area contributed by atoms with Gasteiger partial charge in [-0.3, -0.25) is 9.69 Å². The molecule has 3 amide bonds. The maximum atomic E-state index is 13.7. The van der Waals surface area contributed by atoms with E-state index < -0.39 is 17.5 Å². The first-order valence-corrected chi connectivity index (χ1v) is 9.94. The average molecular weight is 414 g/mol. The molecule has 0 aromatic heterocycles. The summed E-state index contributed by atoms with van der Waals surface area (Å²) in [5, 5.41) is 2.95. The van der Waals surface area contributed by atoms with E-state index in [9.17, 15) is 14.4 Å². The van der Waals surface area contributed by atoms with Crippen molar-refractivity contribution in [3.63, 3.8) is 0 Å². The van der Waals surface area contributed by atoms with Crippen LogP contribution in [-0.2, 0) is 28.0 Å². The van der Waals surface area contributed by atoms with Gasteiger partial charge in [-0.05, 0) is 28.8 Å². The minimum absolute atomic E-state index is 0.0544. The molecule has 156 valence electrons. The predicted molar refractivity (Wildman–Crippen MR) is 115 cm³/mol. The SMILES string of the molecule is COC(=O)c1cccc(CN2C(=O)N[C@](Cc3ccccc3)(c3ccccc3)C2=O)c1. The van der Waals surface area contributed by atoms with Crippen LogP contribution in [-0.4, -0.2) is 29.9 Å². The Kier molecular flexibility index (Phi) is 5.54. The summed E-state index contributed by atoms with van der Waals surface area (Å²) in [5.74, 6) is -0.794. The lowest BCUT2D eigenvalue weighted by Crippen LogP contribution is -2.46. The average Bonchev–Trinajstić information content (AvgIpc) is 3.05. The van der Waals surface area contributed by atoms with Gasteiger partial charge >= 0.3 is 12.0 Å². The van der Waals surface area contributed by atoms with Crippen LogP contribution in [0.3, 0.4) is 0 Å². The summed E-state index contributed by atoms with van der Waals surface area (Å²) in [4.78, 5) is 39.7. The molecule has 3 aromatic rings. The Bertz CT molecular complexity index is 1110. The number of nitrogens with one attached hydrogen (secondary N) is 1. The number of imide groups is 1. The number of benzene rings is 3. The summed E-state index contributed by atoms with van der Waals surface area (Å²) in [6.07, 6.45) is 0.334. The lowest BCUT2D eigenvalue weighted by Gasteiger charge is -2.27. The van der Waals surface area contributed by atoms with Crippen molar-refractivity contribution in [1.29, 1.82) is 0 Å². The molecule has 0 bridgehead atoms. The van der Waals surface area contributed by atoms with E-state index >= 15 is 0 Å². The van der Waals surface area contributed by atoms with Gasteiger partial charge in [0.25, 0.3) is 5.91 Å². The highest BCUT2D eigenvalue weighted by Crippen LogP contribution is 2.33. The maximum Gasteiger partial charge on any atom is 0.337 e. The van der Waals surface area contributed by atoms with Crippen LogP contribution in [0.15, 0.2) is 84.9 Å². The Labute approximate surface area is 180 Å². The number of rotatable bonds is 6. The van der Waals surface area contributed by atoms with Gasteiger partial charge in [-0.1, -0.05) is 72.8 Å². The lowest BCUT2D eigenvalue weighted by molar-refractivity contribution is -0.132. The second-order valence-corrected chi connectivity index (χ2v) is 7.45. The zero-order chi connectivity index (χ0) is 21.8. The molecule has 6 heteroatoms. The van der Waals surface area contributed by atoms with E-state index in [4.69, 9.17) is 4.74 Å². The molecule has 1 N–H and O–H groups in total. The van der Waals surface area contributed by atoms with E-state index in [0.717, 1.165) is 11.1 Å². The van der Waals surface area contributed by atoms with Crippen LogP contribution in [0.4, 0.5) is 4.79 Å². The van der Waals surface area contributed by atoms with Crippen LogP contribution < -0.4 is 5.32 Å². The third-order valence-electron chi connectivity index (χ3n) is 5.44. The molecule has 0 spiro atoms. The molecule has 0 radical (unpaired) electrons. The van der Waals surface area contributed by atoms with Gasteiger partial charge in [0, 0.05) is 6.42 Å². The fourth-order valence-electron chi connectivity index (χ4n) is 3.91. The molecule has 1 heterocycles. The Morgan fingerprint density at radius 2 is 1.55 bits per heavy atom. The quantitative estimate of drug-likeness (QED) is 0.493. The first kappa shape index (κ1) is 20.3. The maximum absolute atomic E-state index is 13.7. The Morgan fingerprint density at radius 3 is 2.23 bits per heavy atom. The molecule has 31 heavy (non-hydrogen) atoms. The van der Waals surface area contributed by atoms with Crippen molar-refractivity contribution in [2.75, 3.05) is 7.11 Å². The van der Waals surface area contributed by atoms with Gasteiger partial charge in [-0.2, -0.15) is 0 Å². The second kappa shape index (κ2) is 8.44. The molecule has 6 nitrogen and oxygen atoms in total. The first-order chi connectivity index (χ1) is 15.0. The van der Waals surface area contributed by atoms with Crippen LogP contribution in [0.5, 0.6) is 0 Å². The molecule has 0 unspecified atom stereocenters. The van der Waals surface area contributed by atoms with Gasteiger partial charge < -0.3 is 10.1 Å². The number of ether oxygens (including phenoxy) is 1. The van der Waals surface area contributed by atoms with Crippen molar-refractivity contribution in [3.8, 4) is 0 Å². The van der Waals surface area contributed by atoms with Crippen molar-refractivity contribution in [3.05, 3.63) is 107 Å². The van der Waals surface area contributed by atoms with Crippen molar-refractivity contribution in [2.45, 2.75) is 18.5 Å². The highest BCUT2D eigenvalue weighted by atomic mass is 16.5. The number of esters is 1.